The molecule has 2 rings (SSSR count). The summed E-state index contributed by atoms with van der Waals surface area (Å²) in [7, 11) is 1.71. The zero-order chi connectivity index (χ0) is 15.2. The number of rotatable bonds is 7. The van der Waals surface area contributed by atoms with Crippen molar-refractivity contribution < 1.29 is 4.74 Å². The molecule has 1 aromatic heterocycles. The fraction of sp³-hybridized carbons (Fsp3) is 0.375. The molecular formula is C16H19BrClNOS. The minimum atomic E-state index is 0.245. The Kier molecular flexibility index (Phi) is 6.55. The highest BCUT2D eigenvalue weighted by Gasteiger charge is 2.17. The Labute approximate surface area is 143 Å². The molecule has 114 valence electrons. The van der Waals surface area contributed by atoms with Gasteiger partial charge in [0.25, 0.3) is 0 Å². The molecule has 21 heavy (non-hydrogen) atoms. The lowest BCUT2D eigenvalue weighted by Crippen LogP contribution is -2.23. The molecule has 1 unspecified atom stereocenters. The van der Waals surface area contributed by atoms with Crippen molar-refractivity contribution in [1.82, 2.24) is 5.32 Å². The Hall–Kier alpha value is -0.550. The van der Waals surface area contributed by atoms with Crippen LogP contribution >= 0.6 is 38.9 Å². The molecule has 0 aliphatic heterocycles. The fourth-order valence-corrected chi connectivity index (χ4v) is 4.04. The van der Waals surface area contributed by atoms with Gasteiger partial charge in [0.2, 0.25) is 0 Å². The van der Waals surface area contributed by atoms with Crippen molar-refractivity contribution >= 4 is 38.9 Å². The normalized spacial score (nSPS) is 12.4. The van der Waals surface area contributed by atoms with Crippen LogP contribution in [-0.4, -0.2) is 13.7 Å². The van der Waals surface area contributed by atoms with Gasteiger partial charge in [-0.25, -0.2) is 0 Å². The van der Waals surface area contributed by atoms with Gasteiger partial charge in [0.15, 0.2) is 0 Å². The van der Waals surface area contributed by atoms with E-state index >= 15 is 0 Å². The van der Waals surface area contributed by atoms with Gasteiger partial charge in [0.1, 0.15) is 5.75 Å². The fourth-order valence-electron chi connectivity index (χ4n) is 2.22. The van der Waals surface area contributed by atoms with Gasteiger partial charge in [-0.05, 0) is 53.0 Å². The van der Waals surface area contributed by atoms with Gasteiger partial charge >= 0.3 is 0 Å². The highest BCUT2D eigenvalue weighted by atomic mass is 79.9. The number of thiophene rings is 1. The standard InChI is InChI=1S/C16H19BrClNOS/c1-3-8-19-13(15-10-12(18)16(17)21-15)9-11-6-4-5-7-14(11)20-2/h4-7,10,13,19H,3,8-9H2,1-2H3. The third-order valence-electron chi connectivity index (χ3n) is 3.26. The van der Waals surface area contributed by atoms with Crippen molar-refractivity contribution in [2.45, 2.75) is 25.8 Å². The maximum atomic E-state index is 6.18. The lowest BCUT2D eigenvalue weighted by atomic mass is 10.0. The summed E-state index contributed by atoms with van der Waals surface area (Å²) in [6.07, 6.45) is 1.98. The first kappa shape index (κ1) is 16.8. The average Bonchev–Trinajstić information content (AvgIpc) is 2.83. The third kappa shape index (κ3) is 4.46. The second kappa shape index (κ2) is 8.18. The zero-order valence-corrected chi connectivity index (χ0v) is 15.3. The van der Waals surface area contributed by atoms with E-state index in [1.807, 2.05) is 24.3 Å². The average molecular weight is 389 g/mol. The summed E-state index contributed by atoms with van der Waals surface area (Å²) in [6, 6.07) is 10.4. The lowest BCUT2D eigenvalue weighted by Gasteiger charge is -2.18. The van der Waals surface area contributed by atoms with Gasteiger partial charge < -0.3 is 10.1 Å². The topological polar surface area (TPSA) is 21.3 Å². The van der Waals surface area contributed by atoms with Crippen LogP contribution in [0.25, 0.3) is 0 Å². The van der Waals surface area contributed by atoms with Crippen LogP contribution in [0.15, 0.2) is 34.1 Å². The van der Waals surface area contributed by atoms with Gasteiger partial charge in [-0.15, -0.1) is 11.3 Å². The molecule has 0 aliphatic carbocycles. The quantitative estimate of drug-likeness (QED) is 0.680. The number of hydrogen-bond acceptors (Lipinski definition) is 3. The number of methoxy groups -OCH3 is 1. The first-order valence-electron chi connectivity index (χ1n) is 6.95. The summed E-state index contributed by atoms with van der Waals surface area (Å²) in [6.45, 7) is 3.15. The highest BCUT2D eigenvalue weighted by molar-refractivity contribution is 9.11. The smallest absolute Gasteiger partial charge is 0.122 e. The van der Waals surface area contributed by atoms with Gasteiger partial charge in [0.05, 0.1) is 15.9 Å². The molecule has 1 aromatic carbocycles. The Morgan fingerprint density at radius 1 is 1.38 bits per heavy atom. The maximum absolute atomic E-state index is 6.18. The SMILES string of the molecule is CCCNC(Cc1ccccc1OC)c1cc(Cl)c(Br)s1. The summed E-state index contributed by atoms with van der Waals surface area (Å²) in [5, 5.41) is 4.38. The van der Waals surface area contributed by atoms with E-state index in [0.29, 0.717) is 0 Å². The number of halogens is 2. The molecule has 1 atom stereocenters. The van der Waals surface area contributed by atoms with E-state index in [4.69, 9.17) is 16.3 Å². The first-order valence-corrected chi connectivity index (χ1v) is 8.94. The van der Waals surface area contributed by atoms with Crippen LogP contribution in [0, 0.1) is 0 Å². The van der Waals surface area contributed by atoms with E-state index in [-0.39, 0.29) is 6.04 Å². The number of benzene rings is 1. The van der Waals surface area contributed by atoms with Crippen molar-refractivity contribution in [1.29, 1.82) is 0 Å². The minimum Gasteiger partial charge on any atom is -0.496 e. The molecule has 0 saturated heterocycles. The van der Waals surface area contributed by atoms with Crippen LogP contribution in [0.4, 0.5) is 0 Å². The van der Waals surface area contributed by atoms with Crippen molar-refractivity contribution in [2.75, 3.05) is 13.7 Å². The minimum absolute atomic E-state index is 0.245. The van der Waals surface area contributed by atoms with Crippen LogP contribution in [-0.2, 0) is 6.42 Å². The largest absolute Gasteiger partial charge is 0.496 e. The van der Waals surface area contributed by atoms with E-state index in [9.17, 15) is 0 Å². The molecule has 2 aromatic rings. The van der Waals surface area contributed by atoms with Crippen molar-refractivity contribution in [2.24, 2.45) is 0 Å². The predicted octanol–water partition coefficient (Wildman–Crippen LogP) is 5.46. The first-order chi connectivity index (χ1) is 10.2. The molecule has 0 spiro atoms. The number of para-hydroxylation sites is 1. The number of ether oxygens (including phenoxy) is 1. The lowest BCUT2D eigenvalue weighted by molar-refractivity contribution is 0.405. The second-order valence-electron chi connectivity index (χ2n) is 4.79. The molecule has 1 heterocycles. The zero-order valence-electron chi connectivity index (χ0n) is 12.2. The van der Waals surface area contributed by atoms with Crippen LogP contribution in [0.3, 0.4) is 0 Å². The summed E-state index contributed by atoms with van der Waals surface area (Å²) in [5.74, 6) is 0.933. The van der Waals surface area contributed by atoms with Crippen LogP contribution in [0.2, 0.25) is 5.02 Å². The van der Waals surface area contributed by atoms with Crippen molar-refractivity contribution in [3.05, 3.63) is 49.6 Å². The molecule has 0 radical (unpaired) electrons. The monoisotopic (exact) mass is 387 g/mol. The highest BCUT2D eigenvalue weighted by Crippen LogP contribution is 2.37. The summed E-state index contributed by atoms with van der Waals surface area (Å²) < 4.78 is 6.44. The molecule has 0 fully saturated rings. The van der Waals surface area contributed by atoms with Crippen LogP contribution in [0.5, 0.6) is 5.75 Å². The third-order valence-corrected chi connectivity index (χ3v) is 5.85. The van der Waals surface area contributed by atoms with E-state index in [1.54, 1.807) is 18.4 Å². The summed E-state index contributed by atoms with van der Waals surface area (Å²) >= 11 is 11.4. The molecule has 0 amide bonds. The second-order valence-corrected chi connectivity index (χ2v) is 7.60. The molecule has 0 bridgehead atoms. The molecule has 5 heteroatoms. The van der Waals surface area contributed by atoms with Crippen LogP contribution < -0.4 is 10.1 Å². The van der Waals surface area contributed by atoms with E-state index in [0.717, 1.165) is 33.9 Å². The summed E-state index contributed by atoms with van der Waals surface area (Å²) in [4.78, 5) is 1.24. The Morgan fingerprint density at radius 2 is 2.14 bits per heavy atom. The van der Waals surface area contributed by atoms with Gasteiger partial charge in [0, 0.05) is 10.9 Å². The van der Waals surface area contributed by atoms with Gasteiger partial charge in [-0.3, -0.25) is 0 Å². The maximum Gasteiger partial charge on any atom is 0.122 e. The summed E-state index contributed by atoms with van der Waals surface area (Å²) in [5.41, 5.74) is 1.20. The Balaban J connectivity index is 2.23. The molecule has 2 nitrogen and oxygen atoms in total. The molecule has 0 aliphatic rings. The predicted molar refractivity (Wildman–Crippen MR) is 94.8 cm³/mol. The Morgan fingerprint density at radius 3 is 2.76 bits per heavy atom. The van der Waals surface area contributed by atoms with E-state index in [2.05, 4.69) is 34.2 Å². The number of nitrogens with one attached hydrogen (secondary N) is 1. The van der Waals surface area contributed by atoms with Crippen molar-refractivity contribution in [3.8, 4) is 5.75 Å². The van der Waals surface area contributed by atoms with Gasteiger partial charge in [-0.2, -0.15) is 0 Å². The van der Waals surface area contributed by atoms with Crippen molar-refractivity contribution in [3.63, 3.8) is 0 Å². The van der Waals surface area contributed by atoms with E-state index in [1.165, 1.54) is 10.4 Å². The molecule has 1 N–H and O–H groups in total. The van der Waals surface area contributed by atoms with E-state index < -0.39 is 0 Å². The number of hydrogen-bond donors (Lipinski definition) is 1. The molecular weight excluding hydrogens is 370 g/mol. The molecule has 0 saturated carbocycles. The van der Waals surface area contributed by atoms with Gasteiger partial charge in [-0.1, -0.05) is 36.7 Å². The van der Waals surface area contributed by atoms with Crippen LogP contribution in [0.1, 0.15) is 29.8 Å². The Bertz CT molecular complexity index is 568.